The quantitative estimate of drug-likeness (QED) is 0.185. The normalized spacial score (nSPS) is 17.4. The monoisotopic (exact) mass is 670 g/mol. The van der Waals surface area contributed by atoms with Gasteiger partial charge in [0.2, 0.25) is 0 Å². The lowest BCUT2D eigenvalue weighted by Gasteiger charge is -2.38. The summed E-state index contributed by atoms with van der Waals surface area (Å²) in [5.41, 5.74) is 13.9. The van der Waals surface area contributed by atoms with Crippen molar-refractivity contribution in [2.75, 3.05) is 18.0 Å². The highest BCUT2D eigenvalue weighted by atomic mass is 16.5. The van der Waals surface area contributed by atoms with Gasteiger partial charge in [-0.1, -0.05) is 109 Å². The Kier molecular flexibility index (Phi) is 6.40. The molecule has 3 aliphatic rings. The van der Waals surface area contributed by atoms with E-state index in [0.717, 1.165) is 35.7 Å². The SMILES string of the molecule is Cc1c2c(c3cccc4c3c1-c1ccccc1-4)OC(c1ccc(N3CCCCC3)cc1)(c1ccc(-n3c4ccccc4c4ccccc43)cc1)C=C2. The van der Waals surface area contributed by atoms with E-state index in [4.69, 9.17) is 4.74 Å². The molecular weight excluding hydrogens is 633 g/mol. The number of piperidine rings is 1. The second-order valence-electron chi connectivity index (χ2n) is 14.7. The minimum absolute atomic E-state index is 0.815. The highest BCUT2D eigenvalue weighted by molar-refractivity contribution is 6.19. The molecule has 7 aromatic carbocycles. The Morgan fingerprint density at radius 2 is 1.12 bits per heavy atom. The second kappa shape index (κ2) is 11.2. The summed E-state index contributed by atoms with van der Waals surface area (Å²) >= 11 is 0. The van der Waals surface area contributed by atoms with Crippen LogP contribution in [0.15, 0.2) is 146 Å². The average Bonchev–Trinajstić information content (AvgIpc) is 3.74. The van der Waals surface area contributed by atoms with Crippen LogP contribution in [0.2, 0.25) is 0 Å². The summed E-state index contributed by atoms with van der Waals surface area (Å²) in [5, 5.41) is 5.00. The second-order valence-corrected chi connectivity index (χ2v) is 14.7. The van der Waals surface area contributed by atoms with Crippen LogP contribution in [0.3, 0.4) is 0 Å². The van der Waals surface area contributed by atoms with E-state index in [1.165, 1.54) is 90.9 Å². The number of fused-ring (bicyclic) bond motifs is 8. The van der Waals surface area contributed by atoms with Crippen LogP contribution in [0.1, 0.15) is 41.5 Å². The van der Waals surface area contributed by atoms with Gasteiger partial charge in [0.25, 0.3) is 0 Å². The van der Waals surface area contributed by atoms with Crippen LogP contribution < -0.4 is 9.64 Å². The van der Waals surface area contributed by atoms with E-state index in [2.05, 4.69) is 168 Å². The van der Waals surface area contributed by atoms with Gasteiger partial charge in [-0.25, -0.2) is 0 Å². The summed E-state index contributed by atoms with van der Waals surface area (Å²) in [6.45, 7) is 4.51. The molecule has 0 N–H and O–H groups in total. The predicted molar refractivity (Wildman–Crippen MR) is 217 cm³/mol. The molecule has 1 saturated heterocycles. The zero-order valence-electron chi connectivity index (χ0n) is 29.3. The van der Waals surface area contributed by atoms with E-state index in [9.17, 15) is 0 Å². The van der Waals surface area contributed by atoms with Gasteiger partial charge in [-0.05, 0) is 96.5 Å². The van der Waals surface area contributed by atoms with Gasteiger partial charge in [0, 0.05) is 62.7 Å². The lowest BCUT2D eigenvalue weighted by atomic mass is 9.81. The maximum Gasteiger partial charge on any atom is 0.178 e. The van der Waals surface area contributed by atoms with E-state index in [-0.39, 0.29) is 0 Å². The number of benzene rings is 7. The molecule has 1 aromatic heterocycles. The number of nitrogens with zero attached hydrogens (tertiary/aromatic N) is 2. The molecule has 0 amide bonds. The molecule has 1 aliphatic carbocycles. The molecule has 2 aliphatic heterocycles. The lowest BCUT2D eigenvalue weighted by Crippen LogP contribution is -2.35. The number of aromatic nitrogens is 1. The third-order valence-corrected chi connectivity index (χ3v) is 12.0. The van der Waals surface area contributed by atoms with Crippen LogP contribution in [0.25, 0.3) is 66.6 Å². The molecule has 11 rings (SSSR count). The molecule has 250 valence electrons. The van der Waals surface area contributed by atoms with Crippen LogP contribution in [-0.4, -0.2) is 17.7 Å². The third-order valence-electron chi connectivity index (χ3n) is 12.0. The van der Waals surface area contributed by atoms with Gasteiger partial charge in [-0.3, -0.25) is 0 Å². The van der Waals surface area contributed by atoms with Crippen molar-refractivity contribution in [3.63, 3.8) is 0 Å². The highest BCUT2D eigenvalue weighted by Crippen LogP contribution is 2.55. The van der Waals surface area contributed by atoms with E-state index < -0.39 is 5.60 Å². The topological polar surface area (TPSA) is 17.4 Å². The molecule has 3 nitrogen and oxygen atoms in total. The minimum atomic E-state index is -0.815. The Balaban J connectivity index is 1.09. The van der Waals surface area contributed by atoms with Crippen LogP contribution in [-0.2, 0) is 5.60 Å². The van der Waals surface area contributed by atoms with Gasteiger partial charge in [-0.15, -0.1) is 0 Å². The molecular formula is C49H38N2O. The molecule has 3 heteroatoms. The summed E-state index contributed by atoms with van der Waals surface area (Å²) in [6.07, 6.45) is 8.47. The first-order valence-corrected chi connectivity index (χ1v) is 18.7. The number of ether oxygens (including phenoxy) is 1. The number of para-hydroxylation sites is 2. The molecule has 1 fully saturated rings. The van der Waals surface area contributed by atoms with Crippen molar-refractivity contribution in [2.45, 2.75) is 31.8 Å². The summed E-state index contributed by atoms with van der Waals surface area (Å²) in [5.74, 6) is 0.958. The maximum absolute atomic E-state index is 7.57. The van der Waals surface area contributed by atoms with Gasteiger partial charge in [0.1, 0.15) is 5.75 Å². The van der Waals surface area contributed by atoms with E-state index >= 15 is 0 Å². The smallest absolute Gasteiger partial charge is 0.178 e. The van der Waals surface area contributed by atoms with Gasteiger partial charge in [0.05, 0.1) is 11.0 Å². The first kappa shape index (κ1) is 29.6. The Hall–Kier alpha value is -6.06. The summed E-state index contributed by atoms with van der Waals surface area (Å²) in [7, 11) is 0. The van der Waals surface area contributed by atoms with E-state index in [1.807, 2.05) is 0 Å². The van der Waals surface area contributed by atoms with Gasteiger partial charge in [0.15, 0.2) is 5.60 Å². The molecule has 52 heavy (non-hydrogen) atoms. The molecule has 0 spiro atoms. The summed E-state index contributed by atoms with van der Waals surface area (Å²) in [6, 6.07) is 51.2. The largest absolute Gasteiger partial charge is 0.472 e. The van der Waals surface area contributed by atoms with Gasteiger partial charge >= 0.3 is 0 Å². The molecule has 1 atom stereocenters. The van der Waals surface area contributed by atoms with Crippen molar-refractivity contribution in [2.24, 2.45) is 0 Å². The van der Waals surface area contributed by atoms with Crippen molar-refractivity contribution in [3.05, 3.63) is 168 Å². The zero-order valence-corrected chi connectivity index (χ0v) is 29.3. The average molecular weight is 671 g/mol. The number of anilines is 1. The Bertz CT molecular complexity index is 2690. The molecule has 0 radical (unpaired) electrons. The summed E-state index contributed by atoms with van der Waals surface area (Å²) in [4.78, 5) is 2.53. The van der Waals surface area contributed by atoms with Crippen LogP contribution >= 0.6 is 0 Å². The number of hydrogen-bond acceptors (Lipinski definition) is 2. The summed E-state index contributed by atoms with van der Waals surface area (Å²) < 4.78 is 9.96. The standard InChI is InChI=1S/C49H38N2O/c1-32-37-28-29-49(33-20-24-35(25-21-33)50-30-9-2-10-31-50,52-48(37)43-17-11-16-42-38-12-3-4-15-41(38)46(32)47(42)43)34-22-26-36(27-23-34)51-44-18-7-5-13-39(44)40-14-6-8-19-45(40)51/h3-8,11-29H,2,9-10,30-31H2,1H3. The number of hydrogen-bond donors (Lipinski definition) is 0. The molecule has 0 bridgehead atoms. The van der Waals surface area contributed by atoms with Crippen molar-refractivity contribution in [1.29, 1.82) is 0 Å². The molecule has 8 aromatic rings. The fraction of sp³-hybridized carbons (Fsp3) is 0.143. The minimum Gasteiger partial charge on any atom is -0.472 e. The predicted octanol–water partition coefficient (Wildman–Crippen LogP) is 12.2. The van der Waals surface area contributed by atoms with Gasteiger partial charge < -0.3 is 14.2 Å². The fourth-order valence-electron chi connectivity index (χ4n) is 9.46. The molecule has 1 unspecified atom stereocenters. The fourth-order valence-corrected chi connectivity index (χ4v) is 9.46. The van der Waals surface area contributed by atoms with Gasteiger partial charge in [-0.2, -0.15) is 0 Å². The molecule has 0 saturated carbocycles. The maximum atomic E-state index is 7.57. The van der Waals surface area contributed by atoms with Crippen molar-refractivity contribution in [3.8, 4) is 33.7 Å². The highest BCUT2D eigenvalue weighted by Gasteiger charge is 2.40. The first-order valence-electron chi connectivity index (χ1n) is 18.7. The van der Waals surface area contributed by atoms with Crippen LogP contribution in [0.4, 0.5) is 5.69 Å². The first-order chi connectivity index (χ1) is 25.7. The zero-order chi connectivity index (χ0) is 34.4. The Morgan fingerprint density at radius 3 is 1.81 bits per heavy atom. The van der Waals surface area contributed by atoms with Crippen molar-refractivity contribution in [1.82, 2.24) is 4.57 Å². The van der Waals surface area contributed by atoms with Crippen LogP contribution in [0, 0.1) is 6.92 Å². The van der Waals surface area contributed by atoms with Crippen LogP contribution in [0.5, 0.6) is 5.75 Å². The van der Waals surface area contributed by atoms with E-state index in [0.29, 0.717) is 0 Å². The lowest BCUT2D eigenvalue weighted by molar-refractivity contribution is 0.163. The van der Waals surface area contributed by atoms with Crippen molar-refractivity contribution >= 4 is 44.3 Å². The number of rotatable bonds is 4. The Morgan fingerprint density at radius 1 is 0.538 bits per heavy atom. The third kappa shape index (κ3) is 4.14. The Labute approximate surface area is 304 Å². The molecule has 3 heterocycles. The van der Waals surface area contributed by atoms with E-state index in [1.54, 1.807) is 0 Å². The van der Waals surface area contributed by atoms with Crippen molar-refractivity contribution < 1.29 is 4.74 Å².